The molecule has 0 saturated carbocycles. The molecular weight excluding hydrogens is 637 g/mol. The summed E-state index contributed by atoms with van der Waals surface area (Å²) in [4.78, 5) is 15.5. The van der Waals surface area contributed by atoms with E-state index in [-0.39, 0.29) is 5.41 Å². The van der Waals surface area contributed by atoms with Crippen LogP contribution in [-0.4, -0.2) is 19.5 Å². The molecule has 0 aliphatic carbocycles. The Balaban J connectivity index is 1.41. The van der Waals surface area contributed by atoms with Crippen LogP contribution in [0.1, 0.15) is 37.7 Å². The first-order valence-electron chi connectivity index (χ1n) is 17.8. The van der Waals surface area contributed by atoms with Crippen LogP contribution in [0.3, 0.4) is 0 Å². The van der Waals surface area contributed by atoms with Gasteiger partial charge in [0.2, 0.25) is 5.71 Å². The van der Waals surface area contributed by atoms with E-state index in [0.717, 1.165) is 89.4 Å². The molecule has 0 radical (unpaired) electrons. The molecule has 0 aliphatic heterocycles. The summed E-state index contributed by atoms with van der Waals surface area (Å²) in [6.07, 6.45) is 0. The number of imidazole rings is 1. The van der Waals surface area contributed by atoms with Crippen molar-refractivity contribution in [3.63, 3.8) is 0 Å². The normalized spacial score (nSPS) is 11.9. The van der Waals surface area contributed by atoms with Crippen LogP contribution in [0.15, 0.2) is 144 Å². The van der Waals surface area contributed by atoms with Crippen molar-refractivity contribution in [1.29, 1.82) is 0 Å². The van der Waals surface area contributed by atoms with Crippen molar-refractivity contribution in [2.45, 2.75) is 40.0 Å². The standard InChI is InChI=1S/C47H38N4O/c1-29-26-41-42(30(2)48-29)51(43-38(31-16-9-6-10-17-31)27-34(47(3,4)5)28-39(43)32-18-11-7-12-19-32)45(49-41)37-23-15-22-35-36-24-25-40(33-20-13-8-14-21-33)50-46(36)52-44(35)37/h6-28H,1-5H3. The van der Waals surface area contributed by atoms with Gasteiger partial charge in [-0.3, -0.25) is 9.55 Å². The smallest absolute Gasteiger partial charge is 0.227 e. The summed E-state index contributed by atoms with van der Waals surface area (Å²) in [5.74, 6) is 0.788. The highest BCUT2D eigenvalue weighted by molar-refractivity contribution is 6.09. The van der Waals surface area contributed by atoms with Crippen molar-refractivity contribution in [1.82, 2.24) is 19.5 Å². The molecule has 5 nitrogen and oxygen atoms in total. The number of furan rings is 1. The quantitative estimate of drug-likeness (QED) is 0.182. The predicted octanol–water partition coefficient (Wildman–Crippen LogP) is 12.3. The molecule has 0 fully saturated rings. The van der Waals surface area contributed by atoms with Gasteiger partial charge >= 0.3 is 0 Å². The third kappa shape index (κ3) is 5.28. The molecule has 0 N–H and O–H groups in total. The maximum Gasteiger partial charge on any atom is 0.227 e. The number of aryl methyl sites for hydroxylation is 2. The van der Waals surface area contributed by atoms with Crippen molar-refractivity contribution in [2.75, 3.05) is 0 Å². The molecule has 52 heavy (non-hydrogen) atoms. The zero-order valence-electron chi connectivity index (χ0n) is 30.0. The van der Waals surface area contributed by atoms with Crippen molar-refractivity contribution in [3.8, 4) is 50.6 Å². The van der Waals surface area contributed by atoms with Crippen LogP contribution >= 0.6 is 0 Å². The number of hydrogen-bond donors (Lipinski definition) is 0. The van der Waals surface area contributed by atoms with Crippen LogP contribution in [0.25, 0.3) is 83.7 Å². The number of benzene rings is 5. The van der Waals surface area contributed by atoms with Crippen LogP contribution in [0.4, 0.5) is 0 Å². The highest BCUT2D eigenvalue weighted by Crippen LogP contribution is 2.45. The molecule has 0 saturated heterocycles. The second kappa shape index (κ2) is 12.2. The average Bonchev–Trinajstić information content (AvgIpc) is 3.73. The number of fused-ring (bicyclic) bond motifs is 4. The third-order valence-corrected chi connectivity index (χ3v) is 9.98. The lowest BCUT2D eigenvalue weighted by Gasteiger charge is -2.26. The first kappa shape index (κ1) is 31.6. The lowest BCUT2D eigenvalue weighted by atomic mass is 9.82. The van der Waals surface area contributed by atoms with Gasteiger partial charge in [0, 0.05) is 33.2 Å². The summed E-state index contributed by atoms with van der Waals surface area (Å²) in [5.41, 5.74) is 14.6. The summed E-state index contributed by atoms with van der Waals surface area (Å²) in [5, 5.41) is 1.97. The van der Waals surface area contributed by atoms with E-state index in [0.29, 0.717) is 5.71 Å². The van der Waals surface area contributed by atoms with Crippen molar-refractivity contribution in [3.05, 3.63) is 156 Å². The van der Waals surface area contributed by atoms with Crippen molar-refractivity contribution in [2.24, 2.45) is 0 Å². The number of nitrogens with zero attached hydrogens (tertiary/aromatic N) is 4. The van der Waals surface area contributed by atoms with Gasteiger partial charge in [0.05, 0.1) is 33.7 Å². The van der Waals surface area contributed by atoms with E-state index in [9.17, 15) is 0 Å². The fourth-order valence-electron chi connectivity index (χ4n) is 7.44. The molecule has 9 rings (SSSR count). The Morgan fingerprint density at radius 3 is 1.79 bits per heavy atom. The molecule has 0 aliphatic rings. The summed E-state index contributed by atoms with van der Waals surface area (Å²) >= 11 is 0. The minimum absolute atomic E-state index is 0.0918. The highest BCUT2D eigenvalue weighted by atomic mass is 16.3. The molecule has 0 amide bonds. The lowest BCUT2D eigenvalue weighted by molar-refractivity contribution is 0.590. The number of rotatable bonds is 5. The van der Waals surface area contributed by atoms with Crippen molar-refractivity contribution < 1.29 is 4.42 Å². The Bertz CT molecular complexity index is 2710. The summed E-state index contributed by atoms with van der Waals surface area (Å²) in [6.45, 7) is 11.0. The number of hydrogen-bond acceptors (Lipinski definition) is 4. The Hall–Kier alpha value is -6.33. The number of para-hydroxylation sites is 1. The molecule has 0 atom stereocenters. The van der Waals surface area contributed by atoms with Gasteiger partial charge in [-0.25, -0.2) is 9.97 Å². The van der Waals surface area contributed by atoms with E-state index in [2.05, 4.69) is 154 Å². The van der Waals surface area contributed by atoms with Crippen LogP contribution in [-0.2, 0) is 5.41 Å². The van der Waals surface area contributed by atoms with Crippen LogP contribution in [0.2, 0.25) is 0 Å². The Morgan fingerprint density at radius 1 is 0.558 bits per heavy atom. The molecule has 4 heterocycles. The van der Waals surface area contributed by atoms with Gasteiger partial charge in [-0.1, -0.05) is 124 Å². The fourth-order valence-corrected chi connectivity index (χ4v) is 7.44. The minimum atomic E-state index is -0.0918. The van der Waals surface area contributed by atoms with Crippen LogP contribution < -0.4 is 0 Å². The van der Waals surface area contributed by atoms with Gasteiger partial charge < -0.3 is 4.42 Å². The maximum absolute atomic E-state index is 6.75. The monoisotopic (exact) mass is 674 g/mol. The lowest BCUT2D eigenvalue weighted by Crippen LogP contribution is -2.13. The second-order valence-corrected chi connectivity index (χ2v) is 14.6. The molecule has 4 aromatic heterocycles. The average molecular weight is 675 g/mol. The molecule has 9 aromatic rings. The molecule has 5 aromatic carbocycles. The summed E-state index contributed by atoms with van der Waals surface area (Å²) < 4.78 is 9.09. The van der Waals surface area contributed by atoms with E-state index >= 15 is 0 Å². The molecule has 252 valence electrons. The minimum Gasteiger partial charge on any atom is -0.437 e. The van der Waals surface area contributed by atoms with E-state index in [4.69, 9.17) is 19.4 Å². The first-order valence-corrected chi connectivity index (χ1v) is 17.8. The number of aromatic nitrogens is 4. The molecule has 0 spiro atoms. The topological polar surface area (TPSA) is 56.7 Å². The van der Waals surface area contributed by atoms with Crippen LogP contribution in [0.5, 0.6) is 0 Å². The van der Waals surface area contributed by atoms with Crippen molar-refractivity contribution >= 4 is 33.1 Å². The SMILES string of the molecule is Cc1cc2nc(-c3cccc4c3oc3nc(-c5ccccc5)ccc34)n(-c3c(-c4ccccc4)cc(C(C)(C)C)cc3-c3ccccc3)c2c(C)n1. The first-order chi connectivity index (χ1) is 25.2. The van der Waals surface area contributed by atoms with Gasteiger partial charge in [0.15, 0.2) is 0 Å². The van der Waals surface area contributed by atoms with Gasteiger partial charge in [0.25, 0.3) is 0 Å². The van der Waals surface area contributed by atoms with E-state index < -0.39 is 0 Å². The molecule has 0 unspecified atom stereocenters. The zero-order valence-corrected chi connectivity index (χ0v) is 30.0. The largest absolute Gasteiger partial charge is 0.437 e. The van der Waals surface area contributed by atoms with E-state index in [1.807, 2.05) is 25.1 Å². The predicted molar refractivity (Wildman–Crippen MR) is 214 cm³/mol. The Kier molecular flexibility index (Phi) is 7.40. The molecular formula is C47H38N4O. The maximum atomic E-state index is 6.75. The highest BCUT2D eigenvalue weighted by Gasteiger charge is 2.28. The van der Waals surface area contributed by atoms with Gasteiger partial charge in [-0.05, 0) is 72.4 Å². The fraction of sp³-hybridized carbons (Fsp3) is 0.128. The molecule has 5 heteroatoms. The van der Waals surface area contributed by atoms with Crippen LogP contribution in [0, 0.1) is 13.8 Å². The van der Waals surface area contributed by atoms with Gasteiger partial charge in [-0.15, -0.1) is 0 Å². The third-order valence-electron chi connectivity index (χ3n) is 9.98. The molecule has 0 bridgehead atoms. The second-order valence-electron chi connectivity index (χ2n) is 14.6. The zero-order chi connectivity index (χ0) is 35.6. The number of pyridine rings is 2. The van der Waals surface area contributed by atoms with Gasteiger partial charge in [0.1, 0.15) is 11.4 Å². The summed E-state index contributed by atoms with van der Waals surface area (Å²) in [7, 11) is 0. The summed E-state index contributed by atoms with van der Waals surface area (Å²) in [6, 6.07) is 48.9. The Morgan fingerprint density at radius 2 is 1.17 bits per heavy atom. The van der Waals surface area contributed by atoms with Gasteiger partial charge in [-0.2, -0.15) is 0 Å². The Labute approximate surface area is 303 Å². The van der Waals surface area contributed by atoms with E-state index in [1.54, 1.807) is 0 Å². The van der Waals surface area contributed by atoms with E-state index in [1.165, 1.54) is 5.56 Å².